The Hall–Kier alpha value is -2.19. The van der Waals surface area contributed by atoms with Gasteiger partial charge in [-0.15, -0.1) is 0 Å². The molecule has 4 rings (SSSR count). The van der Waals surface area contributed by atoms with Crippen molar-refractivity contribution in [3.8, 4) is 0 Å². The van der Waals surface area contributed by atoms with E-state index >= 15 is 0 Å². The number of piperidine rings is 1. The maximum atomic E-state index is 13.3. The summed E-state index contributed by atoms with van der Waals surface area (Å²) in [6.07, 6.45) is 5.17. The molecule has 1 aliphatic heterocycles. The van der Waals surface area contributed by atoms with Crippen LogP contribution in [-0.4, -0.2) is 41.5 Å². The molecule has 1 amide bonds. The van der Waals surface area contributed by atoms with Crippen molar-refractivity contribution in [2.45, 2.75) is 64.3 Å². The molecule has 1 aromatic heterocycles. The zero-order chi connectivity index (χ0) is 22.3. The molecule has 2 fully saturated rings. The summed E-state index contributed by atoms with van der Waals surface area (Å²) in [5.41, 5.74) is 2.60. The number of carbonyl (C=O) groups is 1. The normalized spacial score (nSPS) is 19.4. The Morgan fingerprint density at radius 1 is 1.10 bits per heavy atom. The summed E-state index contributed by atoms with van der Waals surface area (Å²) >= 11 is 0. The van der Waals surface area contributed by atoms with E-state index in [1.165, 1.54) is 17.1 Å². The fourth-order valence-electron chi connectivity index (χ4n) is 4.81. The molecule has 2 aliphatic rings. The van der Waals surface area contributed by atoms with E-state index in [1.54, 1.807) is 6.20 Å². The lowest BCUT2D eigenvalue weighted by Crippen LogP contribution is -2.42. The van der Waals surface area contributed by atoms with Crippen LogP contribution in [0.3, 0.4) is 0 Å². The highest BCUT2D eigenvalue weighted by molar-refractivity contribution is 7.89. The zero-order valence-electron chi connectivity index (χ0n) is 18.8. The first-order chi connectivity index (χ1) is 14.7. The maximum absolute atomic E-state index is 13.3. The van der Waals surface area contributed by atoms with Gasteiger partial charge in [0.1, 0.15) is 5.82 Å². The highest BCUT2D eigenvalue weighted by Crippen LogP contribution is 2.40. The van der Waals surface area contributed by atoms with E-state index in [1.807, 2.05) is 43.7 Å². The van der Waals surface area contributed by atoms with Gasteiger partial charge in [-0.05, 0) is 70.4 Å². The third-order valence-electron chi connectivity index (χ3n) is 6.64. The molecule has 0 bridgehead atoms. The molecular weight excluding hydrogens is 412 g/mol. The molecule has 0 radical (unpaired) electrons. The highest BCUT2D eigenvalue weighted by atomic mass is 32.2. The molecule has 31 heavy (non-hydrogen) atoms. The minimum atomic E-state index is -3.57. The van der Waals surface area contributed by atoms with Crippen LogP contribution in [0.1, 0.15) is 55.3 Å². The van der Waals surface area contributed by atoms with E-state index in [2.05, 4.69) is 17.3 Å². The third-order valence-corrected chi connectivity index (χ3v) is 8.84. The predicted octanol–water partition coefficient (Wildman–Crippen LogP) is 3.82. The zero-order valence-corrected chi connectivity index (χ0v) is 19.6. The lowest BCUT2D eigenvalue weighted by molar-refractivity contribution is -0.121. The lowest BCUT2D eigenvalue weighted by atomic mass is 9.97. The largest absolute Gasteiger partial charge is 0.311 e. The van der Waals surface area contributed by atoms with Crippen molar-refractivity contribution in [3.05, 3.63) is 41.1 Å². The van der Waals surface area contributed by atoms with Crippen molar-refractivity contribution in [2.24, 2.45) is 11.8 Å². The smallest absolute Gasteiger partial charge is 0.243 e. The molecule has 2 heterocycles. The Bertz CT molecular complexity index is 1060. The van der Waals surface area contributed by atoms with Crippen LogP contribution in [-0.2, 0) is 14.8 Å². The number of aromatic nitrogens is 2. The number of anilines is 1. The van der Waals surface area contributed by atoms with Gasteiger partial charge < -0.3 is 5.32 Å². The first-order valence-electron chi connectivity index (χ1n) is 11.1. The predicted molar refractivity (Wildman–Crippen MR) is 120 cm³/mol. The van der Waals surface area contributed by atoms with Crippen molar-refractivity contribution in [2.75, 3.05) is 18.4 Å². The Kier molecular flexibility index (Phi) is 5.96. The number of hydrogen-bond donors (Lipinski definition) is 1. The Balaban J connectivity index is 1.41. The summed E-state index contributed by atoms with van der Waals surface area (Å²) < 4.78 is 30.0. The van der Waals surface area contributed by atoms with Gasteiger partial charge in [-0.3, -0.25) is 4.79 Å². The number of sulfonamides is 1. The molecule has 1 saturated heterocycles. The Morgan fingerprint density at radius 2 is 1.71 bits per heavy atom. The van der Waals surface area contributed by atoms with E-state index in [0.717, 1.165) is 22.5 Å². The topological polar surface area (TPSA) is 84.3 Å². The molecule has 1 saturated carbocycles. The Morgan fingerprint density at radius 3 is 2.29 bits per heavy atom. The highest BCUT2D eigenvalue weighted by Gasteiger charge is 2.35. The molecule has 7 nitrogen and oxygen atoms in total. The SMILES string of the molecule is Cc1cc(C)c(S(=O)(=O)N2CCC(C(=O)Nc3ccnn3C(C)C3CC3)CC2)c(C)c1. The summed E-state index contributed by atoms with van der Waals surface area (Å²) in [7, 11) is -3.57. The molecule has 2 aromatic rings. The summed E-state index contributed by atoms with van der Waals surface area (Å²) in [6, 6.07) is 5.93. The van der Waals surface area contributed by atoms with Crippen molar-refractivity contribution in [3.63, 3.8) is 0 Å². The van der Waals surface area contributed by atoms with Crippen LogP contribution in [0.5, 0.6) is 0 Å². The van der Waals surface area contributed by atoms with Gasteiger partial charge in [0.05, 0.1) is 17.1 Å². The monoisotopic (exact) mass is 444 g/mol. The second-order valence-electron chi connectivity index (χ2n) is 9.13. The first kappa shape index (κ1) is 22.0. The average Bonchev–Trinajstić information content (AvgIpc) is 3.46. The summed E-state index contributed by atoms with van der Waals surface area (Å²) in [4.78, 5) is 13.3. The lowest BCUT2D eigenvalue weighted by Gasteiger charge is -2.31. The van der Waals surface area contributed by atoms with Crippen molar-refractivity contribution in [1.29, 1.82) is 0 Å². The molecule has 0 spiro atoms. The number of benzene rings is 1. The van der Waals surface area contributed by atoms with Crippen molar-refractivity contribution < 1.29 is 13.2 Å². The molecule has 1 atom stereocenters. The number of nitrogens with zero attached hydrogens (tertiary/aromatic N) is 3. The standard InChI is InChI=1S/C23H32N4O3S/c1-15-13-16(2)22(17(3)14-15)31(29,30)26-11-8-20(9-12-26)23(28)25-21-7-10-24-27(21)18(4)19-5-6-19/h7,10,13-14,18-20H,5-6,8-9,11-12H2,1-4H3,(H,25,28). The number of aryl methyl sites for hydroxylation is 3. The minimum Gasteiger partial charge on any atom is -0.311 e. The fourth-order valence-corrected chi connectivity index (χ4v) is 6.69. The van der Waals surface area contributed by atoms with Gasteiger partial charge in [-0.1, -0.05) is 17.7 Å². The number of nitrogens with one attached hydrogen (secondary N) is 1. The molecule has 1 aliphatic carbocycles. The van der Waals surface area contributed by atoms with Gasteiger partial charge in [-0.2, -0.15) is 9.40 Å². The van der Waals surface area contributed by atoms with Gasteiger partial charge in [0.15, 0.2) is 0 Å². The van der Waals surface area contributed by atoms with Crippen LogP contribution in [0.4, 0.5) is 5.82 Å². The number of hydrogen-bond acceptors (Lipinski definition) is 4. The van der Waals surface area contributed by atoms with Crippen LogP contribution in [0.25, 0.3) is 0 Å². The van der Waals surface area contributed by atoms with Gasteiger partial charge >= 0.3 is 0 Å². The summed E-state index contributed by atoms with van der Waals surface area (Å²) in [5.74, 6) is 1.11. The summed E-state index contributed by atoms with van der Waals surface area (Å²) in [5, 5.41) is 7.42. The van der Waals surface area contributed by atoms with Crippen LogP contribution in [0.15, 0.2) is 29.3 Å². The van der Waals surface area contributed by atoms with Gasteiger partial charge in [0, 0.05) is 25.1 Å². The van der Waals surface area contributed by atoms with E-state index in [9.17, 15) is 13.2 Å². The maximum Gasteiger partial charge on any atom is 0.243 e. The Labute approximate surface area is 184 Å². The van der Waals surface area contributed by atoms with Crippen molar-refractivity contribution >= 4 is 21.7 Å². The second-order valence-corrected chi connectivity index (χ2v) is 11.0. The van der Waals surface area contributed by atoms with Gasteiger partial charge in [0.25, 0.3) is 0 Å². The minimum absolute atomic E-state index is 0.0514. The quantitative estimate of drug-likeness (QED) is 0.734. The third kappa shape index (κ3) is 4.41. The molecule has 1 unspecified atom stereocenters. The van der Waals surface area contributed by atoms with Gasteiger partial charge in [0.2, 0.25) is 15.9 Å². The molecule has 8 heteroatoms. The van der Waals surface area contributed by atoms with Crippen LogP contribution < -0.4 is 5.32 Å². The van der Waals surface area contributed by atoms with Crippen LogP contribution in [0, 0.1) is 32.6 Å². The van der Waals surface area contributed by atoms with E-state index in [4.69, 9.17) is 0 Å². The van der Waals surface area contributed by atoms with Crippen LogP contribution >= 0.6 is 0 Å². The van der Waals surface area contributed by atoms with E-state index < -0.39 is 10.0 Å². The fraction of sp³-hybridized carbons (Fsp3) is 0.565. The van der Waals surface area contributed by atoms with E-state index in [0.29, 0.717) is 36.7 Å². The molecule has 168 valence electrons. The van der Waals surface area contributed by atoms with E-state index in [-0.39, 0.29) is 17.9 Å². The van der Waals surface area contributed by atoms with Crippen molar-refractivity contribution in [1.82, 2.24) is 14.1 Å². The number of rotatable bonds is 6. The van der Waals surface area contributed by atoms with Gasteiger partial charge in [-0.25, -0.2) is 13.1 Å². The number of amides is 1. The molecule has 1 aromatic carbocycles. The molecular formula is C23H32N4O3S. The average molecular weight is 445 g/mol. The first-order valence-corrected chi connectivity index (χ1v) is 12.5. The van der Waals surface area contributed by atoms with Crippen LogP contribution in [0.2, 0.25) is 0 Å². The second kappa shape index (κ2) is 8.39. The molecule has 1 N–H and O–H groups in total. The number of carbonyl (C=O) groups excluding carboxylic acids is 1. The summed E-state index contributed by atoms with van der Waals surface area (Å²) in [6.45, 7) is 8.50.